The molecule has 1 aliphatic rings. The van der Waals surface area contributed by atoms with Crippen molar-refractivity contribution in [3.05, 3.63) is 11.3 Å². The molecule has 0 saturated heterocycles. The van der Waals surface area contributed by atoms with Gasteiger partial charge in [-0.05, 0) is 39.5 Å². The van der Waals surface area contributed by atoms with E-state index in [2.05, 4.69) is 5.10 Å². The third-order valence-corrected chi connectivity index (χ3v) is 3.99. The number of ether oxygens (including phenoxy) is 1. The molecule has 0 unspecified atom stereocenters. The van der Waals surface area contributed by atoms with Gasteiger partial charge in [0.25, 0.3) is 0 Å². The van der Waals surface area contributed by atoms with Gasteiger partial charge in [-0.25, -0.2) is 9.48 Å². The maximum absolute atomic E-state index is 12.0. The molecule has 2 N–H and O–H groups in total. The van der Waals surface area contributed by atoms with Gasteiger partial charge in [0.05, 0.1) is 12.6 Å². The van der Waals surface area contributed by atoms with Gasteiger partial charge in [0.1, 0.15) is 5.82 Å². The Bertz CT molecular complexity index is 494. The summed E-state index contributed by atoms with van der Waals surface area (Å²) in [6, 6.07) is 0. The summed E-state index contributed by atoms with van der Waals surface area (Å²) in [5.74, 6) is 0.555. The van der Waals surface area contributed by atoms with Crippen LogP contribution in [0.2, 0.25) is 0 Å². The van der Waals surface area contributed by atoms with E-state index < -0.39 is 0 Å². The smallest absolute Gasteiger partial charge is 0.358 e. The lowest BCUT2D eigenvalue weighted by atomic mass is 9.83. The van der Waals surface area contributed by atoms with Crippen LogP contribution in [0, 0.1) is 0 Å². The number of hydrogen-bond acceptors (Lipinski definition) is 4. The minimum atomic E-state index is -0.389. The van der Waals surface area contributed by atoms with Gasteiger partial charge in [0, 0.05) is 5.56 Å². The van der Waals surface area contributed by atoms with Crippen molar-refractivity contribution in [1.82, 2.24) is 9.78 Å². The second-order valence-corrected chi connectivity index (χ2v) is 6.56. The van der Waals surface area contributed by atoms with Crippen LogP contribution in [0.15, 0.2) is 0 Å². The minimum absolute atomic E-state index is 0.250. The molecule has 0 atom stereocenters. The number of anilines is 1. The lowest BCUT2D eigenvalue weighted by molar-refractivity contribution is 0.0590. The quantitative estimate of drug-likeness (QED) is 0.845. The Morgan fingerprint density at radius 3 is 2.40 bits per heavy atom. The molecule has 2 rings (SSSR count). The summed E-state index contributed by atoms with van der Waals surface area (Å²) >= 11 is 0. The summed E-state index contributed by atoms with van der Waals surface area (Å²) in [6.45, 7) is 6.09. The van der Waals surface area contributed by atoms with E-state index in [1.807, 2.05) is 20.8 Å². The molecule has 1 heterocycles. The van der Waals surface area contributed by atoms with Crippen LogP contribution < -0.4 is 5.73 Å². The van der Waals surface area contributed by atoms with Gasteiger partial charge in [0.15, 0.2) is 5.69 Å². The molecule has 5 nitrogen and oxygen atoms in total. The molecule has 1 aliphatic carbocycles. The Morgan fingerprint density at radius 1 is 1.30 bits per heavy atom. The van der Waals surface area contributed by atoms with E-state index in [1.165, 1.54) is 26.4 Å². The van der Waals surface area contributed by atoms with Gasteiger partial charge in [0.2, 0.25) is 0 Å². The van der Waals surface area contributed by atoms with Gasteiger partial charge in [-0.15, -0.1) is 0 Å². The summed E-state index contributed by atoms with van der Waals surface area (Å²) < 4.78 is 6.63. The maximum Gasteiger partial charge on any atom is 0.358 e. The zero-order valence-corrected chi connectivity index (χ0v) is 12.9. The lowest BCUT2D eigenvalue weighted by Gasteiger charge is -2.24. The van der Waals surface area contributed by atoms with Crippen LogP contribution in [-0.4, -0.2) is 22.9 Å². The average molecular weight is 279 g/mol. The van der Waals surface area contributed by atoms with E-state index >= 15 is 0 Å². The van der Waals surface area contributed by atoms with Gasteiger partial charge >= 0.3 is 5.97 Å². The van der Waals surface area contributed by atoms with Crippen molar-refractivity contribution in [3.8, 4) is 0 Å². The molecule has 112 valence electrons. The molecule has 1 saturated carbocycles. The summed E-state index contributed by atoms with van der Waals surface area (Å²) in [5.41, 5.74) is 7.35. The first-order chi connectivity index (χ1) is 9.36. The Hall–Kier alpha value is -1.52. The fraction of sp³-hybridized carbons (Fsp3) is 0.733. The topological polar surface area (TPSA) is 70.1 Å². The van der Waals surface area contributed by atoms with Crippen molar-refractivity contribution in [2.75, 3.05) is 12.8 Å². The van der Waals surface area contributed by atoms with E-state index in [-0.39, 0.29) is 11.5 Å². The Labute approximate surface area is 120 Å². The van der Waals surface area contributed by atoms with Crippen molar-refractivity contribution < 1.29 is 9.53 Å². The van der Waals surface area contributed by atoms with Crippen LogP contribution in [0.1, 0.15) is 74.8 Å². The van der Waals surface area contributed by atoms with Crippen molar-refractivity contribution >= 4 is 11.8 Å². The van der Waals surface area contributed by atoms with Crippen LogP contribution in [-0.2, 0) is 10.3 Å². The normalized spacial score (nSPS) is 17.2. The number of nitrogen functional groups attached to an aromatic ring is 1. The van der Waals surface area contributed by atoms with Crippen LogP contribution >= 0.6 is 0 Å². The lowest BCUT2D eigenvalue weighted by Crippen LogP contribution is -2.25. The zero-order chi connectivity index (χ0) is 14.9. The highest BCUT2D eigenvalue weighted by molar-refractivity contribution is 5.90. The second-order valence-electron chi connectivity index (χ2n) is 6.56. The number of nitrogens with two attached hydrogens (primary N) is 1. The number of carbonyl (C=O) groups is 1. The minimum Gasteiger partial charge on any atom is -0.464 e. The molecular formula is C15H25N3O2. The molecule has 0 bridgehead atoms. The highest BCUT2D eigenvalue weighted by atomic mass is 16.5. The standard InChI is InChI=1S/C15H25N3O2/c1-15(2,3)18-13(16)11(10-8-6-5-7-9-10)12(17-18)14(19)20-4/h10H,5-9,16H2,1-4H3. The Morgan fingerprint density at radius 2 is 1.90 bits per heavy atom. The molecule has 0 aromatic carbocycles. The SMILES string of the molecule is COC(=O)c1nn(C(C)(C)C)c(N)c1C1CCCCC1. The number of methoxy groups -OCH3 is 1. The Kier molecular flexibility index (Phi) is 4.06. The predicted molar refractivity (Wildman–Crippen MR) is 78.8 cm³/mol. The molecule has 1 aromatic rings. The predicted octanol–water partition coefficient (Wildman–Crippen LogP) is 3.05. The number of carbonyl (C=O) groups excluding carboxylic acids is 1. The van der Waals surface area contributed by atoms with Gasteiger partial charge in [-0.2, -0.15) is 5.10 Å². The molecule has 1 fully saturated rings. The number of esters is 1. The average Bonchev–Trinajstić information content (AvgIpc) is 2.76. The van der Waals surface area contributed by atoms with Gasteiger partial charge in [-0.3, -0.25) is 0 Å². The fourth-order valence-electron chi connectivity index (χ4n) is 3.00. The third-order valence-electron chi connectivity index (χ3n) is 3.99. The van der Waals surface area contributed by atoms with E-state index in [1.54, 1.807) is 4.68 Å². The number of rotatable bonds is 2. The van der Waals surface area contributed by atoms with Gasteiger partial charge in [-0.1, -0.05) is 19.3 Å². The van der Waals surface area contributed by atoms with E-state index in [9.17, 15) is 4.79 Å². The van der Waals surface area contributed by atoms with E-state index in [0.717, 1.165) is 18.4 Å². The highest BCUT2D eigenvalue weighted by Crippen LogP contribution is 2.39. The van der Waals surface area contributed by atoms with Crippen LogP contribution in [0.25, 0.3) is 0 Å². The molecule has 0 amide bonds. The molecular weight excluding hydrogens is 254 g/mol. The first-order valence-electron chi connectivity index (χ1n) is 7.33. The number of aromatic nitrogens is 2. The Balaban J connectivity index is 2.51. The highest BCUT2D eigenvalue weighted by Gasteiger charge is 2.32. The third kappa shape index (κ3) is 2.67. The summed E-state index contributed by atoms with van der Waals surface area (Å²) in [7, 11) is 1.39. The van der Waals surface area contributed by atoms with Crippen molar-refractivity contribution in [3.63, 3.8) is 0 Å². The van der Waals surface area contributed by atoms with E-state index in [4.69, 9.17) is 10.5 Å². The molecule has 0 radical (unpaired) electrons. The van der Waals surface area contributed by atoms with Gasteiger partial charge < -0.3 is 10.5 Å². The molecule has 0 spiro atoms. The maximum atomic E-state index is 12.0. The number of hydrogen-bond donors (Lipinski definition) is 1. The fourth-order valence-corrected chi connectivity index (χ4v) is 3.00. The van der Waals surface area contributed by atoms with Crippen LogP contribution in [0.3, 0.4) is 0 Å². The molecule has 5 heteroatoms. The monoisotopic (exact) mass is 279 g/mol. The van der Waals surface area contributed by atoms with Crippen LogP contribution in [0.5, 0.6) is 0 Å². The van der Waals surface area contributed by atoms with Crippen LogP contribution in [0.4, 0.5) is 5.82 Å². The summed E-state index contributed by atoms with van der Waals surface area (Å²) in [5, 5.41) is 4.44. The molecule has 1 aromatic heterocycles. The van der Waals surface area contributed by atoms with Crippen molar-refractivity contribution in [2.45, 2.75) is 64.3 Å². The zero-order valence-electron chi connectivity index (χ0n) is 12.9. The first-order valence-corrected chi connectivity index (χ1v) is 7.33. The number of nitrogens with zero attached hydrogens (tertiary/aromatic N) is 2. The molecule has 20 heavy (non-hydrogen) atoms. The molecule has 0 aliphatic heterocycles. The van der Waals surface area contributed by atoms with E-state index in [0.29, 0.717) is 17.4 Å². The largest absolute Gasteiger partial charge is 0.464 e. The van der Waals surface area contributed by atoms with Crippen molar-refractivity contribution in [2.24, 2.45) is 0 Å². The summed E-state index contributed by atoms with van der Waals surface area (Å²) in [4.78, 5) is 12.0. The second kappa shape index (κ2) is 5.46. The first kappa shape index (κ1) is 14.9. The summed E-state index contributed by atoms with van der Waals surface area (Å²) in [6.07, 6.45) is 5.78. The van der Waals surface area contributed by atoms with Crippen molar-refractivity contribution in [1.29, 1.82) is 0 Å².